The summed E-state index contributed by atoms with van der Waals surface area (Å²) in [7, 11) is 1.91. The molecule has 1 atom stereocenters. The number of aryl methyl sites for hydroxylation is 2. The molecule has 0 aliphatic carbocycles. The molecule has 1 aliphatic rings. The van der Waals surface area contributed by atoms with Crippen molar-refractivity contribution in [2.75, 3.05) is 13.1 Å². The van der Waals surface area contributed by atoms with Crippen molar-refractivity contribution in [2.45, 2.75) is 39.3 Å². The molecule has 1 unspecified atom stereocenters. The van der Waals surface area contributed by atoms with Gasteiger partial charge >= 0.3 is 0 Å². The highest BCUT2D eigenvalue weighted by atomic mass is 16.1. The molecular weight excluding hydrogens is 292 g/mol. The minimum Gasteiger partial charge on any atom is -0.346 e. The summed E-state index contributed by atoms with van der Waals surface area (Å²) >= 11 is 0. The molecule has 1 amide bonds. The predicted octanol–water partition coefficient (Wildman–Crippen LogP) is 1.09. The number of piperidine rings is 1. The van der Waals surface area contributed by atoms with Gasteiger partial charge in [0, 0.05) is 37.6 Å². The number of nitrogens with one attached hydrogen (secondary N) is 2. The number of rotatable bonds is 4. The van der Waals surface area contributed by atoms with E-state index >= 15 is 0 Å². The molecule has 2 N–H and O–H groups in total. The fraction of sp³-hybridized carbons (Fsp3) is 0.562. The summed E-state index contributed by atoms with van der Waals surface area (Å²) in [6.45, 7) is 6.42. The van der Waals surface area contributed by atoms with Gasteiger partial charge in [0.1, 0.15) is 5.69 Å². The lowest BCUT2D eigenvalue weighted by Crippen LogP contribution is -2.32. The summed E-state index contributed by atoms with van der Waals surface area (Å²) < 4.78 is 3.74. The summed E-state index contributed by atoms with van der Waals surface area (Å²) in [5.74, 6) is -0.143. The van der Waals surface area contributed by atoms with E-state index < -0.39 is 0 Å². The lowest BCUT2D eigenvalue weighted by molar-refractivity contribution is 0.0944. The third kappa shape index (κ3) is 3.29. The van der Waals surface area contributed by atoms with E-state index in [0.717, 1.165) is 42.9 Å². The van der Waals surface area contributed by atoms with Crippen molar-refractivity contribution >= 4 is 5.91 Å². The lowest BCUT2D eigenvalue weighted by Gasteiger charge is -2.22. The Kier molecular flexibility index (Phi) is 4.47. The Morgan fingerprint density at radius 1 is 1.43 bits per heavy atom. The average molecular weight is 316 g/mol. The number of carbonyl (C=O) groups is 1. The highest BCUT2D eigenvalue weighted by Crippen LogP contribution is 2.16. The van der Waals surface area contributed by atoms with Gasteiger partial charge < -0.3 is 10.6 Å². The Morgan fingerprint density at radius 3 is 2.91 bits per heavy atom. The molecule has 2 aromatic heterocycles. The van der Waals surface area contributed by atoms with Crippen molar-refractivity contribution < 1.29 is 4.79 Å². The van der Waals surface area contributed by atoms with E-state index in [1.807, 2.05) is 36.5 Å². The normalized spacial score (nSPS) is 18.1. The van der Waals surface area contributed by atoms with E-state index in [4.69, 9.17) is 0 Å². The van der Waals surface area contributed by atoms with E-state index in [1.165, 1.54) is 0 Å². The van der Waals surface area contributed by atoms with Gasteiger partial charge in [0.15, 0.2) is 0 Å². The summed E-state index contributed by atoms with van der Waals surface area (Å²) in [6, 6.07) is 2.13. The van der Waals surface area contributed by atoms with Crippen molar-refractivity contribution in [3.05, 3.63) is 34.9 Å². The highest BCUT2D eigenvalue weighted by Gasteiger charge is 2.18. The van der Waals surface area contributed by atoms with Crippen LogP contribution in [0.15, 0.2) is 12.3 Å². The van der Waals surface area contributed by atoms with Gasteiger partial charge in [0.2, 0.25) is 0 Å². The number of carbonyl (C=O) groups excluding carboxylic acids is 1. The minimum absolute atomic E-state index is 0.143. The van der Waals surface area contributed by atoms with Gasteiger partial charge in [-0.05, 0) is 39.3 Å². The second-order valence-corrected chi connectivity index (χ2v) is 6.14. The maximum absolute atomic E-state index is 12.3. The van der Waals surface area contributed by atoms with E-state index in [9.17, 15) is 4.79 Å². The van der Waals surface area contributed by atoms with Gasteiger partial charge in [-0.2, -0.15) is 10.2 Å². The first-order chi connectivity index (χ1) is 11.1. The van der Waals surface area contributed by atoms with Gasteiger partial charge in [-0.25, -0.2) is 0 Å². The molecule has 1 saturated heterocycles. The lowest BCUT2D eigenvalue weighted by atomic mass is 10.1. The van der Waals surface area contributed by atoms with Crippen molar-refractivity contribution in [3.63, 3.8) is 0 Å². The predicted molar refractivity (Wildman–Crippen MR) is 87.2 cm³/mol. The van der Waals surface area contributed by atoms with Gasteiger partial charge in [-0.1, -0.05) is 0 Å². The Labute approximate surface area is 136 Å². The molecule has 0 saturated carbocycles. The Hall–Kier alpha value is -2.15. The average Bonchev–Trinajstić information content (AvgIpc) is 3.13. The fourth-order valence-corrected chi connectivity index (χ4v) is 3.05. The third-order valence-electron chi connectivity index (χ3n) is 4.57. The summed E-state index contributed by atoms with van der Waals surface area (Å²) in [5, 5.41) is 15.1. The molecule has 1 fully saturated rings. The largest absolute Gasteiger partial charge is 0.346 e. The molecule has 3 rings (SSSR count). The van der Waals surface area contributed by atoms with Gasteiger partial charge in [0.05, 0.1) is 11.7 Å². The first-order valence-electron chi connectivity index (χ1n) is 8.09. The summed E-state index contributed by atoms with van der Waals surface area (Å²) in [4.78, 5) is 12.3. The molecule has 3 heterocycles. The third-order valence-corrected chi connectivity index (χ3v) is 4.57. The SMILES string of the molecule is Cc1nn(C)c(C)c1CNC(=O)c1ccn(C2CCCNC2)n1. The van der Waals surface area contributed by atoms with Crippen LogP contribution in [0.2, 0.25) is 0 Å². The van der Waals surface area contributed by atoms with Crippen molar-refractivity contribution in [3.8, 4) is 0 Å². The van der Waals surface area contributed by atoms with E-state index in [0.29, 0.717) is 18.3 Å². The van der Waals surface area contributed by atoms with E-state index in [-0.39, 0.29) is 5.91 Å². The summed E-state index contributed by atoms with van der Waals surface area (Å²) in [5.41, 5.74) is 3.55. The van der Waals surface area contributed by atoms with Crippen molar-refractivity contribution in [1.29, 1.82) is 0 Å². The zero-order valence-corrected chi connectivity index (χ0v) is 14.0. The maximum atomic E-state index is 12.3. The quantitative estimate of drug-likeness (QED) is 0.885. The molecular formula is C16H24N6O. The highest BCUT2D eigenvalue weighted by molar-refractivity contribution is 5.92. The Bertz CT molecular complexity index is 695. The van der Waals surface area contributed by atoms with Crippen LogP contribution in [0.3, 0.4) is 0 Å². The number of amides is 1. The van der Waals surface area contributed by atoms with Crippen LogP contribution >= 0.6 is 0 Å². The molecule has 0 bridgehead atoms. The molecule has 0 spiro atoms. The molecule has 2 aromatic rings. The van der Waals surface area contributed by atoms with Crippen molar-refractivity contribution in [1.82, 2.24) is 30.2 Å². The van der Waals surface area contributed by atoms with Crippen LogP contribution in [0, 0.1) is 13.8 Å². The standard InChI is InChI=1S/C16H24N6O/c1-11-14(12(2)21(3)19-11)10-18-16(23)15-6-8-22(20-15)13-5-4-7-17-9-13/h6,8,13,17H,4-5,7,9-10H2,1-3H3,(H,18,23). The number of hydrogen-bond donors (Lipinski definition) is 2. The first kappa shape index (κ1) is 15.7. The fourth-order valence-electron chi connectivity index (χ4n) is 3.05. The molecule has 0 aromatic carbocycles. The van der Waals surface area contributed by atoms with Crippen LogP contribution in [0.25, 0.3) is 0 Å². The second-order valence-electron chi connectivity index (χ2n) is 6.14. The van der Waals surface area contributed by atoms with Gasteiger partial charge in [-0.3, -0.25) is 14.2 Å². The van der Waals surface area contributed by atoms with E-state index in [1.54, 1.807) is 6.07 Å². The molecule has 1 aliphatic heterocycles. The first-order valence-corrected chi connectivity index (χ1v) is 8.09. The van der Waals surface area contributed by atoms with Crippen LogP contribution in [-0.2, 0) is 13.6 Å². The molecule has 7 nitrogen and oxygen atoms in total. The number of hydrogen-bond acceptors (Lipinski definition) is 4. The monoisotopic (exact) mass is 316 g/mol. The topological polar surface area (TPSA) is 76.8 Å². The van der Waals surface area contributed by atoms with Crippen LogP contribution in [0.1, 0.15) is 46.3 Å². The van der Waals surface area contributed by atoms with Gasteiger partial charge in [-0.15, -0.1) is 0 Å². The molecule has 124 valence electrons. The van der Waals surface area contributed by atoms with Crippen LogP contribution < -0.4 is 10.6 Å². The second kappa shape index (κ2) is 6.54. The van der Waals surface area contributed by atoms with E-state index in [2.05, 4.69) is 20.8 Å². The Balaban J connectivity index is 1.63. The zero-order valence-electron chi connectivity index (χ0n) is 14.0. The zero-order chi connectivity index (χ0) is 16.4. The van der Waals surface area contributed by atoms with Crippen molar-refractivity contribution in [2.24, 2.45) is 7.05 Å². The number of nitrogens with zero attached hydrogens (tertiary/aromatic N) is 4. The Morgan fingerprint density at radius 2 is 2.26 bits per heavy atom. The van der Waals surface area contributed by atoms with Crippen LogP contribution in [-0.4, -0.2) is 38.6 Å². The van der Waals surface area contributed by atoms with Crippen LogP contribution in [0.4, 0.5) is 0 Å². The van der Waals surface area contributed by atoms with Crippen LogP contribution in [0.5, 0.6) is 0 Å². The molecule has 0 radical (unpaired) electrons. The number of aromatic nitrogens is 4. The minimum atomic E-state index is -0.143. The molecule has 23 heavy (non-hydrogen) atoms. The van der Waals surface area contributed by atoms with Gasteiger partial charge in [0.25, 0.3) is 5.91 Å². The smallest absolute Gasteiger partial charge is 0.272 e. The maximum Gasteiger partial charge on any atom is 0.272 e. The summed E-state index contributed by atoms with van der Waals surface area (Å²) in [6.07, 6.45) is 4.14. The molecule has 7 heteroatoms.